The van der Waals surface area contributed by atoms with E-state index in [1.54, 1.807) is 36.5 Å². The average molecular weight is 305 g/mol. The Balaban J connectivity index is 2.06. The molecule has 6 heteroatoms. The van der Waals surface area contributed by atoms with Gasteiger partial charge in [-0.15, -0.1) is 0 Å². The number of pyridine rings is 1. The molecule has 1 heterocycles. The number of carbonyl (C=O) groups is 2. The van der Waals surface area contributed by atoms with Crippen LogP contribution in [0, 0.1) is 0 Å². The van der Waals surface area contributed by atoms with Gasteiger partial charge in [0, 0.05) is 18.8 Å². The molecule has 0 aliphatic rings. The first-order valence-corrected chi connectivity index (χ1v) is 6.64. The van der Waals surface area contributed by atoms with E-state index in [9.17, 15) is 9.59 Å². The molecular formula is C15H13ClN2O3. The van der Waals surface area contributed by atoms with E-state index in [4.69, 9.17) is 16.3 Å². The number of nitrogens with zero attached hydrogens (tertiary/aromatic N) is 1. The molecule has 0 saturated carbocycles. The van der Waals surface area contributed by atoms with Gasteiger partial charge < -0.3 is 14.8 Å². The van der Waals surface area contributed by atoms with Crippen molar-refractivity contribution < 1.29 is 14.3 Å². The molecule has 1 N–H and O–H groups in total. The van der Waals surface area contributed by atoms with Gasteiger partial charge in [-0.1, -0.05) is 29.8 Å². The summed E-state index contributed by atoms with van der Waals surface area (Å²) in [6.45, 7) is 0. The van der Waals surface area contributed by atoms with Crippen LogP contribution in [0.3, 0.4) is 0 Å². The standard InChI is InChI=1S/C15H13ClN2O3/c16-12-8-11(9-17-10-12)14(6-7-19)18-15(20)21-13-4-2-1-3-5-13/h1-5,7-10,14H,6H2,(H,18,20). The van der Waals surface area contributed by atoms with Crippen LogP contribution in [0.1, 0.15) is 18.0 Å². The molecule has 0 fully saturated rings. The first-order valence-electron chi connectivity index (χ1n) is 6.26. The maximum Gasteiger partial charge on any atom is 0.413 e. The summed E-state index contributed by atoms with van der Waals surface area (Å²) in [4.78, 5) is 26.6. The molecule has 1 amide bonds. The summed E-state index contributed by atoms with van der Waals surface area (Å²) in [7, 11) is 0. The lowest BCUT2D eigenvalue weighted by Crippen LogP contribution is -2.31. The Morgan fingerprint density at radius 3 is 2.76 bits per heavy atom. The first kappa shape index (κ1) is 15.0. The Bertz CT molecular complexity index is 619. The molecule has 0 spiro atoms. The Morgan fingerprint density at radius 2 is 2.10 bits per heavy atom. The number of benzene rings is 1. The second kappa shape index (κ2) is 7.40. The number of hydrogen-bond donors (Lipinski definition) is 1. The predicted molar refractivity (Wildman–Crippen MR) is 78.3 cm³/mol. The van der Waals surface area contributed by atoms with E-state index < -0.39 is 12.1 Å². The molecule has 0 aliphatic carbocycles. The van der Waals surface area contributed by atoms with E-state index >= 15 is 0 Å². The van der Waals surface area contributed by atoms with Crippen molar-refractivity contribution in [3.8, 4) is 5.75 Å². The molecule has 1 aromatic carbocycles. The summed E-state index contributed by atoms with van der Waals surface area (Å²) in [6, 6.07) is 9.76. The number of halogens is 1. The van der Waals surface area contributed by atoms with Crippen LogP contribution in [0.5, 0.6) is 5.75 Å². The third-order valence-corrected chi connectivity index (χ3v) is 2.91. The molecular weight excluding hydrogens is 292 g/mol. The zero-order chi connectivity index (χ0) is 15.1. The maximum atomic E-state index is 11.9. The van der Waals surface area contributed by atoms with Crippen molar-refractivity contribution in [1.82, 2.24) is 10.3 Å². The van der Waals surface area contributed by atoms with Gasteiger partial charge >= 0.3 is 6.09 Å². The molecule has 2 rings (SSSR count). The summed E-state index contributed by atoms with van der Waals surface area (Å²) >= 11 is 5.86. The SMILES string of the molecule is O=CCC(NC(=O)Oc1ccccc1)c1cncc(Cl)c1. The third kappa shape index (κ3) is 4.57. The van der Waals surface area contributed by atoms with E-state index in [1.807, 2.05) is 6.07 Å². The lowest BCUT2D eigenvalue weighted by molar-refractivity contribution is -0.108. The van der Waals surface area contributed by atoms with E-state index in [1.165, 1.54) is 6.20 Å². The van der Waals surface area contributed by atoms with Gasteiger partial charge in [0.1, 0.15) is 12.0 Å². The number of hydrogen-bond acceptors (Lipinski definition) is 4. The van der Waals surface area contributed by atoms with Gasteiger partial charge in [-0.2, -0.15) is 0 Å². The molecule has 1 atom stereocenters. The highest BCUT2D eigenvalue weighted by atomic mass is 35.5. The van der Waals surface area contributed by atoms with Crippen LogP contribution < -0.4 is 10.1 Å². The fourth-order valence-corrected chi connectivity index (χ4v) is 1.94. The van der Waals surface area contributed by atoms with Crippen molar-refractivity contribution in [3.63, 3.8) is 0 Å². The third-order valence-electron chi connectivity index (χ3n) is 2.71. The number of rotatable bonds is 5. The lowest BCUT2D eigenvalue weighted by atomic mass is 10.1. The summed E-state index contributed by atoms with van der Waals surface area (Å²) in [5.41, 5.74) is 0.639. The summed E-state index contributed by atoms with van der Waals surface area (Å²) in [5.74, 6) is 0.420. The lowest BCUT2D eigenvalue weighted by Gasteiger charge is -2.16. The zero-order valence-corrected chi connectivity index (χ0v) is 11.8. The predicted octanol–water partition coefficient (Wildman–Crippen LogP) is 3.15. The van der Waals surface area contributed by atoms with Crippen molar-refractivity contribution >= 4 is 24.0 Å². The van der Waals surface area contributed by atoms with Crippen LogP contribution in [0.15, 0.2) is 48.8 Å². The number of carbonyl (C=O) groups excluding carboxylic acids is 2. The fourth-order valence-electron chi connectivity index (χ4n) is 1.76. The van der Waals surface area contributed by atoms with Crippen LogP contribution in [-0.2, 0) is 4.79 Å². The molecule has 5 nitrogen and oxygen atoms in total. The van der Waals surface area contributed by atoms with Gasteiger partial charge in [-0.05, 0) is 23.8 Å². The van der Waals surface area contributed by atoms with E-state index in [0.29, 0.717) is 22.6 Å². The van der Waals surface area contributed by atoms with Crippen molar-refractivity contribution in [1.29, 1.82) is 0 Å². The zero-order valence-electron chi connectivity index (χ0n) is 11.0. The topological polar surface area (TPSA) is 68.3 Å². The highest BCUT2D eigenvalue weighted by Gasteiger charge is 2.16. The normalized spacial score (nSPS) is 11.5. The number of nitrogens with one attached hydrogen (secondary N) is 1. The Morgan fingerprint density at radius 1 is 1.33 bits per heavy atom. The molecule has 1 aromatic heterocycles. The summed E-state index contributed by atoms with van der Waals surface area (Å²) < 4.78 is 5.12. The molecule has 2 aromatic rings. The molecule has 0 bridgehead atoms. The van der Waals surface area contributed by atoms with Gasteiger partial charge in [0.2, 0.25) is 0 Å². The van der Waals surface area contributed by atoms with Gasteiger partial charge in [0.25, 0.3) is 0 Å². The van der Waals surface area contributed by atoms with Gasteiger partial charge in [-0.25, -0.2) is 4.79 Å². The minimum atomic E-state index is -0.645. The Kier molecular flexibility index (Phi) is 5.29. The quantitative estimate of drug-likeness (QED) is 0.862. The number of ether oxygens (including phenoxy) is 1. The molecule has 0 aliphatic heterocycles. The smallest absolute Gasteiger partial charge is 0.410 e. The summed E-state index contributed by atoms with van der Waals surface area (Å²) in [6.07, 6.45) is 3.20. The van der Waals surface area contributed by atoms with Gasteiger partial charge in [-0.3, -0.25) is 4.98 Å². The highest BCUT2D eigenvalue weighted by molar-refractivity contribution is 6.30. The molecule has 0 saturated heterocycles. The van der Waals surface area contributed by atoms with Crippen LogP contribution in [-0.4, -0.2) is 17.4 Å². The van der Waals surface area contributed by atoms with Crippen molar-refractivity contribution in [2.24, 2.45) is 0 Å². The Hall–Kier alpha value is -2.40. The molecule has 108 valence electrons. The maximum absolute atomic E-state index is 11.9. The number of aldehydes is 1. The van der Waals surface area contributed by atoms with E-state index in [-0.39, 0.29) is 6.42 Å². The molecule has 21 heavy (non-hydrogen) atoms. The highest BCUT2D eigenvalue weighted by Crippen LogP contribution is 2.19. The van der Waals surface area contributed by atoms with Crippen LogP contribution in [0.4, 0.5) is 4.79 Å². The molecule has 1 unspecified atom stereocenters. The van der Waals surface area contributed by atoms with E-state index in [2.05, 4.69) is 10.3 Å². The second-order valence-electron chi connectivity index (χ2n) is 4.24. The minimum absolute atomic E-state index is 0.103. The summed E-state index contributed by atoms with van der Waals surface area (Å²) in [5, 5.41) is 3.05. The first-order chi connectivity index (χ1) is 10.2. The van der Waals surface area contributed by atoms with Crippen molar-refractivity contribution in [3.05, 3.63) is 59.4 Å². The number of aromatic nitrogens is 1. The average Bonchev–Trinajstić information content (AvgIpc) is 2.48. The minimum Gasteiger partial charge on any atom is -0.410 e. The van der Waals surface area contributed by atoms with Crippen molar-refractivity contribution in [2.75, 3.05) is 0 Å². The second-order valence-corrected chi connectivity index (χ2v) is 4.67. The van der Waals surface area contributed by atoms with Gasteiger partial charge in [0.05, 0.1) is 11.1 Å². The van der Waals surface area contributed by atoms with Gasteiger partial charge in [0.15, 0.2) is 0 Å². The van der Waals surface area contributed by atoms with E-state index in [0.717, 1.165) is 0 Å². The Labute approximate surface area is 126 Å². The molecule has 0 radical (unpaired) electrons. The number of amides is 1. The van der Waals surface area contributed by atoms with Crippen LogP contribution >= 0.6 is 11.6 Å². The number of para-hydroxylation sites is 1. The van der Waals surface area contributed by atoms with Crippen molar-refractivity contribution in [2.45, 2.75) is 12.5 Å². The van der Waals surface area contributed by atoms with Crippen LogP contribution in [0.2, 0.25) is 5.02 Å². The monoisotopic (exact) mass is 304 g/mol. The fraction of sp³-hybridized carbons (Fsp3) is 0.133. The largest absolute Gasteiger partial charge is 0.413 e. The van der Waals surface area contributed by atoms with Crippen LogP contribution in [0.25, 0.3) is 0 Å².